The number of rotatable bonds is 8. The minimum absolute atomic E-state index is 0.00419. The van der Waals surface area contributed by atoms with Crippen molar-refractivity contribution in [3.63, 3.8) is 0 Å². The summed E-state index contributed by atoms with van der Waals surface area (Å²) in [5.41, 5.74) is 12.3. The molecule has 3 amide bonds. The second-order valence-electron chi connectivity index (χ2n) is 12.2. The number of fused-ring (bicyclic) bond motifs is 2. The fraction of sp³-hybridized carbons (Fsp3) is 0.720. The highest BCUT2D eigenvalue weighted by molar-refractivity contribution is 8.03. The standard InChI is InChI=1S/C25H36N10O5S/c1-11-19-18(12(2)30-17(36)8-34-10-29-31-32-34)23(38)35(19)20(24(39)40)21(11)41-15-4-16(28-6-15)22(37)33-7-13-3-14(26)5-25(13,27)9-33/h10-16,18-19,28H,3-9,26-27H2,1-2H3,(H,30,36)(H,39,40)/t11-,12-,13?,14+,15+,16?,18-,19-,25?/m1/s1. The summed E-state index contributed by atoms with van der Waals surface area (Å²) >= 11 is 1.44. The number of carboxylic acid groups (broad SMARTS) is 1. The third kappa shape index (κ3) is 4.79. The highest BCUT2D eigenvalue weighted by Crippen LogP contribution is 2.52. The molecule has 6 rings (SSSR count). The SMILES string of the molecule is C[C@@H](NC(=O)Cn1cnnn1)[C@H]1C(=O)N2C(C(=O)O)=C(S[C@@H]3CNC(C(=O)N4CC5C[C@H](N)CC5(N)C4)C3)[C@H](C)[C@H]12. The number of aliphatic carboxylic acids is 1. The Bertz CT molecular complexity index is 1290. The van der Waals surface area contributed by atoms with Gasteiger partial charge in [-0.15, -0.1) is 16.9 Å². The Balaban J connectivity index is 1.08. The molecule has 7 N–H and O–H groups in total. The van der Waals surface area contributed by atoms with Crippen LogP contribution in [0.4, 0.5) is 0 Å². The van der Waals surface area contributed by atoms with Gasteiger partial charge in [0.15, 0.2) is 0 Å². The first kappa shape index (κ1) is 28.1. The summed E-state index contributed by atoms with van der Waals surface area (Å²) in [6, 6.07) is -1.16. The number of hydrogen-bond acceptors (Lipinski definition) is 11. The Kier molecular flexibility index (Phi) is 7.07. The summed E-state index contributed by atoms with van der Waals surface area (Å²) < 4.78 is 1.28. The number of carbonyl (C=O) groups excluding carboxylic acids is 3. The third-order valence-corrected chi connectivity index (χ3v) is 10.9. The molecule has 0 bridgehead atoms. The fourth-order valence-electron chi connectivity index (χ4n) is 7.51. The average molecular weight is 589 g/mol. The van der Waals surface area contributed by atoms with Crippen LogP contribution in [0.2, 0.25) is 0 Å². The average Bonchev–Trinajstić information content (AvgIpc) is 3.69. The smallest absolute Gasteiger partial charge is 0.353 e. The molecule has 3 unspecified atom stereocenters. The van der Waals surface area contributed by atoms with Crippen molar-refractivity contribution in [1.29, 1.82) is 0 Å². The molecule has 0 aromatic carbocycles. The Morgan fingerprint density at radius 2 is 2.12 bits per heavy atom. The van der Waals surface area contributed by atoms with Crippen LogP contribution in [0.15, 0.2) is 16.9 Å². The second-order valence-corrected chi connectivity index (χ2v) is 13.5. The van der Waals surface area contributed by atoms with Crippen molar-refractivity contribution in [3.8, 4) is 0 Å². The first-order chi connectivity index (χ1) is 19.5. The Morgan fingerprint density at radius 3 is 2.80 bits per heavy atom. The number of nitrogens with two attached hydrogens (primary N) is 2. The van der Waals surface area contributed by atoms with E-state index in [1.54, 1.807) is 6.92 Å². The molecule has 4 fully saturated rings. The second kappa shape index (κ2) is 10.3. The van der Waals surface area contributed by atoms with Gasteiger partial charge in [-0.25, -0.2) is 9.48 Å². The molecule has 1 saturated carbocycles. The topological polar surface area (TPSA) is 215 Å². The molecule has 16 heteroatoms. The Labute approximate surface area is 240 Å². The van der Waals surface area contributed by atoms with Crippen LogP contribution in [0.5, 0.6) is 0 Å². The summed E-state index contributed by atoms with van der Waals surface area (Å²) in [7, 11) is 0. The minimum Gasteiger partial charge on any atom is -0.477 e. The summed E-state index contributed by atoms with van der Waals surface area (Å²) in [6.07, 6.45) is 3.43. The van der Waals surface area contributed by atoms with Crippen LogP contribution in [-0.4, -0.2) is 113 Å². The van der Waals surface area contributed by atoms with Crippen LogP contribution >= 0.6 is 11.8 Å². The first-order valence-corrected chi connectivity index (χ1v) is 14.9. The molecule has 3 saturated heterocycles. The molecular formula is C25H36N10O5S. The maximum Gasteiger partial charge on any atom is 0.353 e. The van der Waals surface area contributed by atoms with Crippen LogP contribution in [-0.2, 0) is 25.7 Å². The molecule has 5 heterocycles. The van der Waals surface area contributed by atoms with Gasteiger partial charge in [0.1, 0.15) is 18.6 Å². The van der Waals surface area contributed by atoms with Crippen LogP contribution < -0.4 is 22.1 Å². The van der Waals surface area contributed by atoms with E-state index in [1.165, 1.54) is 27.7 Å². The first-order valence-electron chi connectivity index (χ1n) is 14.0. The zero-order valence-electron chi connectivity index (χ0n) is 23.0. The quantitative estimate of drug-likeness (QED) is 0.203. The van der Waals surface area contributed by atoms with Gasteiger partial charge >= 0.3 is 5.97 Å². The summed E-state index contributed by atoms with van der Waals surface area (Å²) in [5, 5.41) is 26.9. The van der Waals surface area contributed by atoms with E-state index in [2.05, 4.69) is 26.2 Å². The molecule has 1 aromatic heterocycles. The number of nitrogens with one attached hydrogen (secondary N) is 2. The normalized spacial score (nSPS) is 36.8. The van der Waals surface area contributed by atoms with Crippen molar-refractivity contribution in [1.82, 2.24) is 40.6 Å². The largest absolute Gasteiger partial charge is 0.477 e. The number of hydrogen-bond donors (Lipinski definition) is 5. The van der Waals surface area contributed by atoms with Crippen LogP contribution in [0.1, 0.15) is 33.1 Å². The molecule has 15 nitrogen and oxygen atoms in total. The van der Waals surface area contributed by atoms with Crippen molar-refractivity contribution in [3.05, 3.63) is 16.9 Å². The Hall–Kier alpha value is -3.08. The predicted octanol–water partition coefficient (Wildman–Crippen LogP) is -2.31. The molecule has 1 aromatic rings. The fourth-order valence-corrected chi connectivity index (χ4v) is 8.99. The van der Waals surface area contributed by atoms with Crippen molar-refractivity contribution in [2.24, 2.45) is 29.2 Å². The lowest BCUT2D eigenvalue weighted by Crippen LogP contribution is -2.66. The lowest BCUT2D eigenvalue weighted by atomic mass is 9.78. The number of carbonyl (C=O) groups is 4. The number of thioether (sulfide) groups is 1. The van der Waals surface area contributed by atoms with E-state index in [0.29, 0.717) is 31.0 Å². The van der Waals surface area contributed by atoms with Crippen molar-refractivity contribution >= 4 is 35.5 Å². The van der Waals surface area contributed by atoms with Gasteiger partial charge in [-0.3, -0.25) is 14.4 Å². The Morgan fingerprint density at radius 1 is 1.34 bits per heavy atom. The number of tetrazole rings is 1. The number of likely N-dealkylation sites (tertiary alicyclic amines) is 1. The maximum atomic E-state index is 13.3. The van der Waals surface area contributed by atoms with Gasteiger partial charge in [0.25, 0.3) is 0 Å². The van der Waals surface area contributed by atoms with E-state index in [4.69, 9.17) is 11.5 Å². The molecule has 41 heavy (non-hydrogen) atoms. The van der Waals surface area contributed by atoms with Gasteiger partial charge in [-0.1, -0.05) is 6.92 Å². The van der Waals surface area contributed by atoms with Crippen molar-refractivity contribution in [2.75, 3.05) is 19.6 Å². The molecule has 4 aliphatic heterocycles. The van der Waals surface area contributed by atoms with Gasteiger partial charge in [0.05, 0.1) is 18.0 Å². The van der Waals surface area contributed by atoms with E-state index in [0.717, 1.165) is 12.8 Å². The lowest BCUT2D eigenvalue weighted by Gasteiger charge is -2.47. The number of β-lactam (4-membered cyclic amide) rings is 1. The number of aromatic nitrogens is 4. The molecular weight excluding hydrogens is 552 g/mol. The third-order valence-electron chi connectivity index (χ3n) is 9.38. The minimum atomic E-state index is -1.15. The monoisotopic (exact) mass is 588 g/mol. The molecule has 0 spiro atoms. The van der Waals surface area contributed by atoms with Gasteiger partial charge in [0, 0.05) is 53.3 Å². The summed E-state index contributed by atoms with van der Waals surface area (Å²) in [4.78, 5) is 55.2. The van der Waals surface area contributed by atoms with Gasteiger partial charge in [-0.05, 0) is 42.5 Å². The number of amides is 3. The van der Waals surface area contributed by atoms with Gasteiger partial charge < -0.3 is 37.0 Å². The van der Waals surface area contributed by atoms with Crippen molar-refractivity contribution in [2.45, 2.75) is 74.6 Å². The van der Waals surface area contributed by atoms with Gasteiger partial charge in [-0.2, -0.15) is 0 Å². The molecule has 1 aliphatic carbocycles. The van der Waals surface area contributed by atoms with E-state index in [1.807, 2.05) is 11.8 Å². The molecule has 222 valence electrons. The summed E-state index contributed by atoms with van der Waals surface area (Å²) in [5.74, 6) is -2.37. The van der Waals surface area contributed by atoms with Gasteiger partial charge in [0.2, 0.25) is 17.7 Å². The van der Waals surface area contributed by atoms with Crippen LogP contribution in [0.3, 0.4) is 0 Å². The van der Waals surface area contributed by atoms with E-state index in [9.17, 15) is 24.3 Å². The highest BCUT2D eigenvalue weighted by Gasteiger charge is 2.60. The van der Waals surface area contributed by atoms with E-state index in [-0.39, 0.29) is 65.2 Å². The van der Waals surface area contributed by atoms with E-state index >= 15 is 0 Å². The van der Waals surface area contributed by atoms with Crippen molar-refractivity contribution < 1.29 is 24.3 Å². The predicted molar refractivity (Wildman–Crippen MR) is 145 cm³/mol. The summed E-state index contributed by atoms with van der Waals surface area (Å²) in [6.45, 7) is 5.26. The van der Waals surface area contributed by atoms with E-state index < -0.39 is 23.5 Å². The zero-order chi connectivity index (χ0) is 29.2. The molecule has 5 aliphatic rings. The number of carboxylic acids is 1. The lowest BCUT2D eigenvalue weighted by molar-refractivity contribution is -0.158. The zero-order valence-corrected chi connectivity index (χ0v) is 23.8. The number of nitrogens with zero attached hydrogens (tertiary/aromatic N) is 6. The highest BCUT2D eigenvalue weighted by atomic mass is 32.2. The maximum absolute atomic E-state index is 13.3. The van der Waals surface area contributed by atoms with Crippen LogP contribution in [0, 0.1) is 17.8 Å². The molecule has 0 radical (unpaired) electrons. The van der Waals surface area contributed by atoms with Crippen LogP contribution in [0.25, 0.3) is 0 Å². The molecule has 9 atom stereocenters.